The summed E-state index contributed by atoms with van der Waals surface area (Å²) in [4.78, 5) is 0. The topological polar surface area (TPSA) is 29.5 Å². The van der Waals surface area contributed by atoms with Gasteiger partial charge in [-0.2, -0.15) is 0 Å². The van der Waals surface area contributed by atoms with Gasteiger partial charge in [-0.3, -0.25) is 0 Å². The highest BCUT2D eigenvalue weighted by atomic mass is 16.5. The zero-order valence-electron chi connectivity index (χ0n) is 11.6. The Bertz CT molecular complexity index is 747. The van der Waals surface area contributed by atoms with Crippen molar-refractivity contribution in [2.45, 2.75) is 13.3 Å². The summed E-state index contributed by atoms with van der Waals surface area (Å²) in [6.07, 6.45) is 0.649. The minimum absolute atomic E-state index is 0.154. The Hall–Kier alpha value is -2.06. The van der Waals surface area contributed by atoms with E-state index in [1.807, 2.05) is 12.1 Å². The zero-order chi connectivity index (χ0) is 13.9. The van der Waals surface area contributed by atoms with Crippen LogP contribution in [-0.2, 0) is 0 Å². The van der Waals surface area contributed by atoms with Crippen molar-refractivity contribution < 1.29 is 9.84 Å². The van der Waals surface area contributed by atoms with Crippen LogP contribution in [0.25, 0.3) is 21.5 Å². The molecule has 0 bridgehead atoms. The lowest BCUT2D eigenvalue weighted by Crippen LogP contribution is -2.01. The number of ether oxygens (including phenoxy) is 1. The molecule has 2 nitrogen and oxygen atoms in total. The molecule has 1 N–H and O–H groups in total. The van der Waals surface area contributed by atoms with Crippen LogP contribution < -0.4 is 4.74 Å². The molecule has 102 valence electrons. The smallest absolute Gasteiger partial charge is 0.134 e. The molecule has 0 spiro atoms. The van der Waals surface area contributed by atoms with E-state index < -0.39 is 0 Å². The van der Waals surface area contributed by atoms with Crippen molar-refractivity contribution in [1.82, 2.24) is 0 Å². The Balaban J connectivity index is 2.24. The van der Waals surface area contributed by atoms with Gasteiger partial charge in [-0.25, -0.2) is 0 Å². The number of fused-ring (bicyclic) bond motifs is 2. The van der Waals surface area contributed by atoms with E-state index in [1.54, 1.807) is 0 Å². The molecular weight excluding hydrogens is 248 g/mol. The first-order valence-corrected chi connectivity index (χ1v) is 6.95. The largest absolute Gasteiger partial charge is 0.492 e. The third-order valence-corrected chi connectivity index (χ3v) is 3.52. The van der Waals surface area contributed by atoms with Crippen molar-refractivity contribution >= 4 is 21.5 Å². The van der Waals surface area contributed by atoms with Crippen LogP contribution in [0.15, 0.2) is 48.5 Å². The number of hydrogen-bond donors (Lipinski definition) is 1. The van der Waals surface area contributed by atoms with Crippen LogP contribution in [-0.4, -0.2) is 18.3 Å². The molecule has 2 heteroatoms. The summed E-state index contributed by atoms with van der Waals surface area (Å²) in [5, 5.41) is 13.6. The van der Waals surface area contributed by atoms with Gasteiger partial charge in [0.1, 0.15) is 5.75 Å². The molecule has 0 aliphatic rings. The Morgan fingerprint density at radius 3 is 2.60 bits per heavy atom. The maximum Gasteiger partial charge on any atom is 0.134 e. The SMILES string of the molecule is Cc1ccc2cc3ccccc3c(OCCCO)c2c1. The van der Waals surface area contributed by atoms with Crippen molar-refractivity contribution in [3.8, 4) is 5.75 Å². The number of aliphatic hydroxyl groups is 1. The summed E-state index contributed by atoms with van der Waals surface area (Å²) in [6, 6.07) is 16.9. The average molecular weight is 266 g/mol. The monoisotopic (exact) mass is 266 g/mol. The molecule has 0 amide bonds. The standard InChI is InChI=1S/C18H18O2/c1-13-7-8-15-12-14-5-2-3-6-16(14)18(17(15)11-13)20-10-4-9-19/h2-3,5-8,11-12,19H,4,9-10H2,1H3. The second kappa shape index (κ2) is 5.51. The van der Waals surface area contributed by atoms with Crippen molar-refractivity contribution in [1.29, 1.82) is 0 Å². The predicted molar refractivity (Wildman–Crippen MR) is 83.4 cm³/mol. The van der Waals surface area contributed by atoms with Gasteiger partial charge in [0.25, 0.3) is 0 Å². The maximum absolute atomic E-state index is 8.93. The van der Waals surface area contributed by atoms with E-state index in [0.29, 0.717) is 13.0 Å². The van der Waals surface area contributed by atoms with E-state index >= 15 is 0 Å². The van der Waals surface area contributed by atoms with Gasteiger partial charge in [0.05, 0.1) is 6.61 Å². The summed E-state index contributed by atoms with van der Waals surface area (Å²) in [5.74, 6) is 0.926. The molecule has 0 fully saturated rings. The third-order valence-electron chi connectivity index (χ3n) is 3.52. The first kappa shape index (κ1) is 12.9. The second-order valence-electron chi connectivity index (χ2n) is 5.08. The molecule has 0 heterocycles. The minimum Gasteiger partial charge on any atom is -0.492 e. The molecule has 0 unspecified atom stereocenters. The molecule has 0 atom stereocenters. The average Bonchev–Trinajstić information content (AvgIpc) is 2.47. The van der Waals surface area contributed by atoms with E-state index in [1.165, 1.54) is 16.3 Å². The van der Waals surface area contributed by atoms with Gasteiger partial charge in [0.2, 0.25) is 0 Å². The van der Waals surface area contributed by atoms with Gasteiger partial charge in [-0.1, -0.05) is 42.0 Å². The molecule has 0 aliphatic carbocycles. The van der Waals surface area contributed by atoms with Crippen molar-refractivity contribution in [2.75, 3.05) is 13.2 Å². The van der Waals surface area contributed by atoms with E-state index in [0.717, 1.165) is 16.5 Å². The fourth-order valence-corrected chi connectivity index (χ4v) is 2.53. The number of aryl methyl sites for hydroxylation is 1. The molecule has 3 aromatic rings. The van der Waals surface area contributed by atoms with Crippen molar-refractivity contribution in [3.05, 3.63) is 54.1 Å². The van der Waals surface area contributed by atoms with E-state index in [9.17, 15) is 0 Å². The molecular formula is C18H18O2. The maximum atomic E-state index is 8.93. The van der Waals surface area contributed by atoms with Crippen LogP contribution in [0.5, 0.6) is 5.75 Å². The lowest BCUT2D eigenvalue weighted by Gasteiger charge is -2.13. The van der Waals surface area contributed by atoms with Crippen molar-refractivity contribution in [2.24, 2.45) is 0 Å². The van der Waals surface area contributed by atoms with Gasteiger partial charge < -0.3 is 9.84 Å². The van der Waals surface area contributed by atoms with E-state index in [4.69, 9.17) is 9.84 Å². The van der Waals surface area contributed by atoms with Crippen LogP contribution in [0.3, 0.4) is 0 Å². The van der Waals surface area contributed by atoms with Crippen LogP contribution >= 0.6 is 0 Å². The van der Waals surface area contributed by atoms with Gasteiger partial charge in [0, 0.05) is 23.8 Å². The van der Waals surface area contributed by atoms with E-state index in [2.05, 4.69) is 43.3 Å². The minimum atomic E-state index is 0.154. The lowest BCUT2D eigenvalue weighted by molar-refractivity contribution is 0.236. The molecule has 0 aliphatic heterocycles. The van der Waals surface area contributed by atoms with Crippen LogP contribution in [0.4, 0.5) is 0 Å². The second-order valence-corrected chi connectivity index (χ2v) is 5.08. The molecule has 0 saturated carbocycles. The molecule has 0 radical (unpaired) electrons. The highest BCUT2D eigenvalue weighted by Gasteiger charge is 2.08. The van der Waals surface area contributed by atoms with Crippen LogP contribution in [0.2, 0.25) is 0 Å². The van der Waals surface area contributed by atoms with Gasteiger partial charge >= 0.3 is 0 Å². The number of hydrogen-bond acceptors (Lipinski definition) is 2. The summed E-state index contributed by atoms with van der Waals surface area (Å²) in [7, 11) is 0. The first-order valence-electron chi connectivity index (χ1n) is 6.95. The first-order chi connectivity index (χ1) is 9.79. The van der Waals surface area contributed by atoms with Gasteiger partial charge in [0.15, 0.2) is 0 Å². The Kier molecular flexibility index (Phi) is 3.57. The zero-order valence-corrected chi connectivity index (χ0v) is 11.6. The van der Waals surface area contributed by atoms with Crippen LogP contribution in [0, 0.1) is 6.92 Å². The Labute approximate surface area is 118 Å². The predicted octanol–water partition coefficient (Wildman–Crippen LogP) is 4.06. The van der Waals surface area contributed by atoms with Gasteiger partial charge in [-0.05, 0) is 29.8 Å². The summed E-state index contributed by atoms with van der Waals surface area (Å²) >= 11 is 0. The Morgan fingerprint density at radius 1 is 0.950 bits per heavy atom. The Morgan fingerprint density at radius 2 is 1.75 bits per heavy atom. The molecule has 0 aromatic heterocycles. The highest BCUT2D eigenvalue weighted by molar-refractivity contribution is 6.05. The quantitative estimate of drug-likeness (QED) is 0.570. The number of rotatable bonds is 4. The fourth-order valence-electron chi connectivity index (χ4n) is 2.53. The summed E-state index contributed by atoms with van der Waals surface area (Å²) in [5.41, 5.74) is 1.22. The van der Waals surface area contributed by atoms with Gasteiger partial charge in [-0.15, -0.1) is 0 Å². The number of benzene rings is 3. The fraction of sp³-hybridized carbons (Fsp3) is 0.222. The third kappa shape index (κ3) is 2.35. The normalized spacial score (nSPS) is 11.1. The molecule has 3 rings (SSSR count). The van der Waals surface area contributed by atoms with E-state index in [-0.39, 0.29) is 6.61 Å². The molecule has 3 aromatic carbocycles. The number of aliphatic hydroxyl groups excluding tert-OH is 1. The lowest BCUT2D eigenvalue weighted by atomic mass is 10.0. The van der Waals surface area contributed by atoms with Crippen LogP contribution in [0.1, 0.15) is 12.0 Å². The highest BCUT2D eigenvalue weighted by Crippen LogP contribution is 2.35. The molecule has 0 saturated heterocycles. The molecule has 20 heavy (non-hydrogen) atoms. The summed E-state index contributed by atoms with van der Waals surface area (Å²) in [6.45, 7) is 2.78. The summed E-state index contributed by atoms with van der Waals surface area (Å²) < 4.78 is 5.97. The van der Waals surface area contributed by atoms with Crippen molar-refractivity contribution in [3.63, 3.8) is 0 Å².